The molecule has 0 amide bonds. The highest BCUT2D eigenvalue weighted by molar-refractivity contribution is 4.91. The Kier molecular flexibility index (Phi) is 4.26. The molecule has 2 rings (SSSR count). The van der Waals surface area contributed by atoms with Crippen LogP contribution in [0.4, 0.5) is 0 Å². The van der Waals surface area contributed by atoms with Crippen LogP contribution in [0.5, 0.6) is 0 Å². The first-order chi connectivity index (χ1) is 7.78. The summed E-state index contributed by atoms with van der Waals surface area (Å²) in [4.78, 5) is 0. The second-order valence-corrected chi connectivity index (χ2v) is 5.77. The zero-order chi connectivity index (χ0) is 11.4. The van der Waals surface area contributed by atoms with E-state index in [1.807, 2.05) is 0 Å². The highest BCUT2D eigenvalue weighted by atomic mass is 16.5. The number of rotatable bonds is 4. The Hall–Kier alpha value is -0.0800. The molecule has 2 fully saturated rings. The minimum absolute atomic E-state index is 0.288. The number of ether oxygens (including phenoxy) is 1. The average molecular weight is 225 g/mol. The van der Waals surface area contributed by atoms with E-state index in [0.29, 0.717) is 12.0 Å². The highest BCUT2D eigenvalue weighted by Gasteiger charge is 2.40. The third-order valence-electron chi connectivity index (χ3n) is 4.61. The number of nitrogens with two attached hydrogens (primary N) is 1. The van der Waals surface area contributed by atoms with E-state index in [9.17, 15) is 0 Å². The standard InChI is InChI=1S/C14H27NO/c1-2-12(11-15)10-13-6-9-14(16-13)7-4-3-5-8-14/h12-13H,2-11,15H2,1H3. The van der Waals surface area contributed by atoms with Gasteiger partial charge in [0.1, 0.15) is 0 Å². The molecule has 2 heteroatoms. The first-order valence-electron chi connectivity index (χ1n) is 7.16. The SMILES string of the molecule is CCC(CN)CC1CCC2(CCCCC2)O1. The highest BCUT2D eigenvalue weighted by Crippen LogP contribution is 2.43. The summed E-state index contributed by atoms with van der Waals surface area (Å²) in [6.07, 6.45) is 12.3. The average Bonchev–Trinajstić information content (AvgIpc) is 2.70. The van der Waals surface area contributed by atoms with Crippen molar-refractivity contribution in [3.05, 3.63) is 0 Å². The maximum Gasteiger partial charge on any atom is 0.0687 e. The number of hydrogen-bond donors (Lipinski definition) is 1. The summed E-state index contributed by atoms with van der Waals surface area (Å²) in [6, 6.07) is 0. The topological polar surface area (TPSA) is 35.2 Å². The van der Waals surface area contributed by atoms with Crippen molar-refractivity contribution in [3.8, 4) is 0 Å². The fourth-order valence-electron chi connectivity index (χ4n) is 3.43. The summed E-state index contributed by atoms with van der Waals surface area (Å²) >= 11 is 0. The van der Waals surface area contributed by atoms with Crippen LogP contribution in [-0.2, 0) is 4.74 Å². The molecule has 16 heavy (non-hydrogen) atoms. The van der Waals surface area contributed by atoms with Crippen molar-refractivity contribution >= 4 is 0 Å². The molecule has 1 saturated heterocycles. The molecule has 0 radical (unpaired) electrons. The molecule has 1 aliphatic heterocycles. The van der Waals surface area contributed by atoms with Gasteiger partial charge in [-0.05, 0) is 44.6 Å². The van der Waals surface area contributed by atoms with E-state index in [1.54, 1.807) is 0 Å². The van der Waals surface area contributed by atoms with Crippen molar-refractivity contribution < 1.29 is 4.74 Å². The summed E-state index contributed by atoms with van der Waals surface area (Å²) < 4.78 is 6.37. The molecular formula is C14H27NO. The molecule has 1 spiro atoms. The van der Waals surface area contributed by atoms with E-state index in [0.717, 1.165) is 6.54 Å². The third-order valence-corrected chi connectivity index (χ3v) is 4.61. The summed E-state index contributed by atoms with van der Waals surface area (Å²) in [5.74, 6) is 0.670. The van der Waals surface area contributed by atoms with Gasteiger partial charge in [0.05, 0.1) is 11.7 Å². The Morgan fingerprint density at radius 1 is 1.25 bits per heavy atom. The molecule has 1 saturated carbocycles. The smallest absolute Gasteiger partial charge is 0.0687 e. The minimum atomic E-state index is 0.288. The van der Waals surface area contributed by atoms with Crippen LogP contribution in [0.1, 0.15) is 64.7 Å². The van der Waals surface area contributed by atoms with Crippen molar-refractivity contribution in [2.45, 2.75) is 76.4 Å². The fraction of sp³-hybridized carbons (Fsp3) is 1.00. The lowest BCUT2D eigenvalue weighted by atomic mass is 9.83. The molecule has 2 N–H and O–H groups in total. The largest absolute Gasteiger partial charge is 0.372 e. The molecule has 2 atom stereocenters. The van der Waals surface area contributed by atoms with Crippen LogP contribution in [-0.4, -0.2) is 18.2 Å². The fourth-order valence-corrected chi connectivity index (χ4v) is 3.43. The van der Waals surface area contributed by atoms with E-state index in [1.165, 1.54) is 57.8 Å². The van der Waals surface area contributed by atoms with Crippen molar-refractivity contribution in [2.75, 3.05) is 6.54 Å². The van der Waals surface area contributed by atoms with Crippen LogP contribution in [0.3, 0.4) is 0 Å². The molecule has 1 aliphatic carbocycles. The molecule has 0 bridgehead atoms. The van der Waals surface area contributed by atoms with Crippen LogP contribution in [0.2, 0.25) is 0 Å². The molecule has 0 aromatic carbocycles. The second kappa shape index (κ2) is 5.50. The predicted octanol–water partition coefficient (Wildman–Crippen LogP) is 3.24. The van der Waals surface area contributed by atoms with E-state index in [-0.39, 0.29) is 5.60 Å². The van der Waals surface area contributed by atoms with Crippen LogP contribution in [0, 0.1) is 5.92 Å². The van der Waals surface area contributed by atoms with Crippen LogP contribution in [0.15, 0.2) is 0 Å². The van der Waals surface area contributed by atoms with Crippen molar-refractivity contribution in [3.63, 3.8) is 0 Å². The van der Waals surface area contributed by atoms with Gasteiger partial charge in [0.15, 0.2) is 0 Å². The van der Waals surface area contributed by atoms with Crippen LogP contribution in [0.25, 0.3) is 0 Å². The van der Waals surface area contributed by atoms with Gasteiger partial charge in [-0.25, -0.2) is 0 Å². The molecule has 2 aliphatic rings. The van der Waals surface area contributed by atoms with Gasteiger partial charge < -0.3 is 10.5 Å². The maximum atomic E-state index is 6.37. The Labute approximate surface area is 99.9 Å². The first kappa shape index (κ1) is 12.4. The number of hydrogen-bond acceptors (Lipinski definition) is 2. The minimum Gasteiger partial charge on any atom is -0.372 e. The second-order valence-electron chi connectivity index (χ2n) is 5.77. The summed E-state index contributed by atoms with van der Waals surface area (Å²) in [6.45, 7) is 3.06. The Bertz CT molecular complexity index is 207. The molecule has 1 heterocycles. The van der Waals surface area contributed by atoms with Crippen molar-refractivity contribution in [1.29, 1.82) is 0 Å². The lowest BCUT2D eigenvalue weighted by Gasteiger charge is -2.33. The van der Waals surface area contributed by atoms with Gasteiger partial charge >= 0.3 is 0 Å². The van der Waals surface area contributed by atoms with E-state index >= 15 is 0 Å². The molecule has 0 aromatic rings. The molecule has 0 aromatic heterocycles. The van der Waals surface area contributed by atoms with Gasteiger partial charge in [-0.2, -0.15) is 0 Å². The third kappa shape index (κ3) is 2.78. The predicted molar refractivity (Wildman–Crippen MR) is 67.4 cm³/mol. The van der Waals surface area contributed by atoms with Gasteiger partial charge in [0, 0.05) is 0 Å². The lowest BCUT2D eigenvalue weighted by molar-refractivity contribution is -0.0696. The first-order valence-corrected chi connectivity index (χ1v) is 7.16. The van der Waals surface area contributed by atoms with Gasteiger partial charge in [-0.1, -0.05) is 32.6 Å². The van der Waals surface area contributed by atoms with Crippen molar-refractivity contribution in [2.24, 2.45) is 11.7 Å². The Morgan fingerprint density at radius 3 is 2.62 bits per heavy atom. The quantitative estimate of drug-likeness (QED) is 0.797. The molecular weight excluding hydrogens is 198 g/mol. The molecule has 2 unspecified atom stereocenters. The van der Waals surface area contributed by atoms with E-state index in [4.69, 9.17) is 10.5 Å². The molecule has 2 nitrogen and oxygen atoms in total. The van der Waals surface area contributed by atoms with Crippen LogP contribution < -0.4 is 5.73 Å². The summed E-state index contributed by atoms with van der Waals surface area (Å²) in [7, 11) is 0. The normalized spacial score (nSPS) is 30.8. The van der Waals surface area contributed by atoms with Gasteiger partial charge in [0.2, 0.25) is 0 Å². The Morgan fingerprint density at radius 2 is 2.00 bits per heavy atom. The van der Waals surface area contributed by atoms with E-state index < -0.39 is 0 Å². The summed E-state index contributed by atoms with van der Waals surface area (Å²) in [5, 5.41) is 0. The van der Waals surface area contributed by atoms with Gasteiger partial charge in [0.25, 0.3) is 0 Å². The zero-order valence-electron chi connectivity index (χ0n) is 10.7. The van der Waals surface area contributed by atoms with Gasteiger partial charge in [-0.15, -0.1) is 0 Å². The maximum absolute atomic E-state index is 6.37. The molecule has 94 valence electrons. The van der Waals surface area contributed by atoms with Crippen LogP contribution >= 0.6 is 0 Å². The van der Waals surface area contributed by atoms with Crippen molar-refractivity contribution in [1.82, 2.24) is 0 Å². The zero-order valence-corrected chi connectivity index (χ0v) is 10.7. The monoisotopic (exact) mass is 225 g/mol. The lowest BCUT2D eigenvalue weighted by Crippen LogP contribution is -2.32. The summed E-state index contributed by atoms with van der Waals surface area (Å²) in [5.41, 5.74) is 6.06. The Balaban J connectivity index is 1.82. The van der Waals surface area contributed by atoms with E-state index in [2.05, 4.69) is 6.92 Å². The van der Waals surface area contributed by atoms with Gasteiger partial charge in [-0.3, -0.25) is 0 Å².